The minimum atomic E-state index is 0.181. The van der Waals surface area contributed by atoms with Crippen LogP contribution in [0.1, 0.15) is 11.1 Å². The Morgan fingerprint density at radius 2 is 1.07 bits per heavy atom. The molecule has 0 unspecified atom stereocenters. The summed E-state index contributed by atoms with van der Waals surface area (Å²) in [7, 11) is 0. The number of rotatable bonds is 7. The van der Waals surface area contributed by atoms with E-state index in [2.05, 4.69) is 152 Å². The van der Waals surface area contributed by atoms with Crippen molar-refractivity contribution in [2.75, 3.05) is 0 Å². The molecule has 0 aliphatic rings. The predicted molar refractivity (Wildman–Crippen MR) is 223 cm³/mol. The second kappa shape index (κ2) is 13.8. The molecule has 9 aromatic rings. The van der Waals surface area contributed by atoms with E-state index in [1.165, 1.54) is 11.1 Å². The van der Waals surface area contributed by atoms with Crippen LogP contribution < -0.4 is 0 Å². The Kier molecular flexibility index (Phi) is 8.41. The van der Waals surface area contributed by atoms with Crippen molar-refractivity contribution < 1.29 is 5.11 Å². The molecule has 0 bridgehead atoms. The van der Waals surface area contributed by atoms with E-state index >= 15 is 0 Å². The first-order valence-electron chi connectivity index (χ1n) is 18.2. The van der Waals surface area contributed by atoms with Gasteiger partial charge in [-0.25, -0.2) is 4.98 Å². The Hall–Kier alpha value is -7.04. The summed E-state index contributed by atoms with van der Waals surface area (Å²) in [5, 5.41) is 11.2. The van der Waals surface area contributed by atoms with Crippen molar-refractivity contribution >= 4 is 11.0 Å². The summed E-state index contributed by atoms with van der Waals surface area (Å²) >= 11 is 0. The van der Waals surface area contributed by atoms with Gasteiger partial charge in [0.25, 0.3) is 0 Å². The number of hydrogen-bond acceptors (Lipinski definition) is 3. The highest BCUT2D eigenvalue weighted by Gasteiger charge is 2.21. The fourth-order valence-electron chi connectivity index (χ4n) is 7.45. The van der Waals surface area contributed by atoms with Gasteiger partial charge in [-0.05, 0) is 125 Å². The van der Waals surface area contributed by atoms with Gasteiger partial charge in [0.1, 0.15) is 11.6 Å². The summed E-state index contributed by atoms with van der Waals surface area (Å²) in [6, 6.07) is 60.6. The Bertz CT molecular complexity index is 2790. The molecule has 7 aromatic carbocycles. The van der Waals surface area contributed by atoms with Crippen LogP contribution in [0.5, 0.6) is 5.75 Å². The van der Waals surface area contributed by atoms with E-state index in [4.69, 9.17) is 9.97 Å². The van der Waals surface area contributed by atoms with Gasteiger partial charge in [0.15, 0.2) is 0 Å². The van der Waals surface area contributed by atoms with Crippen LogP contribution in [0.4, 0.5) is 0 Å². The van der Waals surface area contributed by atoms with E-state index in [-0.39, 0.29) is 5.75 Å². The second-order valence-corrected chi connectivity index (χ2v) is 13.7. The number of aromatic nitrogens is 3. The van der Waals surface area contributed by atoms with Crippen molar-refractivity contribution in [3.05, 3.63) is 193 Å². The molecule has 0 fully saturated rings. The number of pyridine rings is 1. The molecule has 0 amide bonds. The van der Waals surface area contributed by atoms with Gasteiger partial charge in [-0.2, -0.15) is 0 Å². The summed E-state index contributed by atoms with van der Waals surface area (Å²) in [5.41, 5.74) is 16.6. The Morgan fingerprint density at radius 1 is 0.463 bits per heavy atom. The number of phenols is 1. The van der Waals surface area contributed by atoms with Crippen molar-refractivity contribution in [3.8, 4) is 78.6 Å². The van der Waals surface area contributed by atoms with Crippen molar-refractivity contribution in [2.24, 2.45) is 0 Å². The molecule has 4 heteroatoms. The van der Waals surface area contributed by atoms with Gasteiger partial charge in [0.05, 0.1) is 22.3 Å². The minimum Gasteiger partial charge on any atom is -0.507 e. The highest BCUT2D eigenvalue weighted by molar-refractivity contribution is 5.98. The molecule has 0 atom stereocenters. The number of phenolic OH excluding ortho intramolecular Hbond substituents is 1. The number of nitrogens with zero attached hydrogens (tertiary/aromatic N) is 3. The number of para-hydroxylation sites is 2. The number of aryl methyl sites for hydroxylation is 1. The zero-order chi connectivity index (χ0) is 36.6. The van der Waals surface area contributed by atoms with Gasteiger partial charge in [0.2, 0.25) is 0 Å². The molecule has 0 radical (unpaired) electrons. The first-order chi connectivity index (χ1) is 26.5. The molecular formula is C50H37N3O. The molecule has 0 saturated heterocycles. The van der Waals surface area contributed by atoms with E-state index in [0.29, 0.717) is 11.4 Å². The van der Waals surface area contributed by atoms with Crippen molar-refractivity contribution in [1.82, 2.24) is 14.5 Å². The summed E-state index contributed by atoms with van der Waals surface area (Å²) < 4.78 is 2.19. The van der Waals surface area contributed by atoms with E-state index in [0.717, 1.165) is 72.5 Å². The minimum absolute atomic E-state index is 0.181. The average molecular weight is 696 g/mol. The van der Waals surface area contributed by atoms with Crippen LogP contribution in [0.25, 0.3) is 83.9 Å². The molecule has 9 rings (SSSR count). The lowest BCUT2D eigenvalue weighted by molar-refractivity contribution is 0.477. The zero-order valence-electron chi connectivity index (χ0n) is 30.1. The van der Waals surface area contributed by atoms with Gasteiger partial charge in [-0.15, -0.1) is 0 Å². The van der Waals surface area contributed by atoms with Gasteiger partial charge >= 0.3 is 0 Å². The number of aromatic hydroxyl groups is 1. The largest absolute Gasteiger partial charge is 0.507 e. The van der Waals surface area contributed by atoms with Crippen molar-refractivity contribution in [3.63, 3.8) is 0 Å². The van der Waals surface area contributed by atoms with Crippen LogP contribution >= 0.6 is 0 Å². The summed E-state index contributed by atoms with van der Waals surface area (Å²) in [6.45, 7) is 4.34. The molecule has 0 saturated carbocycles. The molecule has 0 aliphatic heterocycles. The summed E-state index contributed by atoms with van der Waals surface area (Å²) in [4.78, 5) is 10.3. The fourth-order valence-corrected chi connectivity index (χ4v) is 7.45. The third kappa shape index (κ3) is 6.04. The topological polar surface area (TPSA) is 50.9 Å². The highest BCUT2D eigenvalue weighted by atomic mass is 16.3. The van der Waals surface area contributed by atoms with Crippen LogP contribution in [0.15, 0.2) is 182 Å². The molecule has 54 heavy (non-hydrogen) atoms. The monoisotopic (exact) mass is 695 g/mol. The maximum atomic E-state index is 11.2. The van der Waals surface area contributed by atoms with Crippen LogP contribution in [-0.2, 0) is 0 Å². The van der Waals surface area contributed by atoms with E-state index < -0.39 is 0 Å². The molecule has 0 aliphatic carbocycles. The predicted octanol–water partition coefficient (Wildman–Crippen LogP) is 12.7. The first kappa shape index (κ1) is 32.8. The quantitative estimate of drug-likeness (QED) is 0.181. The third-order valence-corrected chi connectivity index (χ3v) is 10.3. The maximum Gasteiger partial charge on any atom is 0.149 e. The molecule has 1 N–H and O–H groups in total. The Labute approximate surface area is 315 Å². The van der Waals surface area contributed by atoms with E-state index in [9.17, 15) is 5.11 Å². The van der Waals surface area contributed by atoms with E-state index in [1.54, 1.807) is 6.07 Å². The van der Waals surface area contributed by atoms with Gasteiger partial charge in [-0.3, -0.25) is 9.55 Å². The standard InChI is InChI=1S/C50H37N3O/c1-33-27-42(32-45(34(33)2)37-19-10-5-11-20-37)53-47-23-14-22-43(49(47)52-50(53)44-21-12-13-24-48(44)54)40-28-39(36-17-8-4-9-18-36)29-41(30-40)46-31-38(25-26-51-46)35-15-6-3-7-16-35/h3-32,54H,1-2H3. The van der Waals surface area contributed by atoms with Gasteiger partial charge in [-0.1, -0.05) is 115 Å². The Balaban J connectivity index is 1.29. The number of hydrogen-bond donors (Lipinski definition) is 1. The second-order valence-electron chi connectivity index (χ2n) is 13.7. The Morgan fingerprint density at radius 3 is 1.80 bits per heavy atom. The fraction of sp³-hybridized carbons (Fsp3) is 0.0400. The smallest absolute Gasteiger partial charge is 0.149 e. The SMILES string of the molecule is Cc1cc(-n2c(-c3ccccc3O)nc3c(-c4cc(-c5ccccc5)cc(-c5cc(-c6ccccc6)ccn5)c4)cccc32)cc(-c2ccccc2)c1C. The van der Waals surface area contributed by atoms with Crippen LogP contribution in [-0.4, -0.2) is 19.6 Å². The van der Waals surface area contributed by atoms with Crippen molar-refractivity contribution in [1.29, 1.82) is 0 Å². The number of imidazole rings is 1. The van der Waals surface area contributed by atoms with Crippen LogP contribution in [0.2, 0.25) is 0 Å². The normalized spacial score (nSPS) is 11.2. The molecular weight excluding hydrogens is 659 g/mol. The van der Waals surface area contributed by atoms with E-state index in [1.807, 2.05) is 42.6 Å². The highest BCUT2D eigenvalue weighted by Crippen LogP contribution is 2.41. The van der Waals surface area contributed by atoms with Gasteiger partial charge < -0.3 is 5.11 Å². The van der Waals surface area contributed by atoms with Crippen LogP contribution in [0, 0.1) is 13.8 Å². The molecule has 2 heterocycles. The number of fused-ring (bicyclic) bond motifs is 1. The summed E-state index contributed by atoms with van der Waals surface area (Å²) in [6.07, 6.45) is 1.89. The third-order valence-electron chi connectivity index (χ3n) is 10.3. The van der Waals surface area contributed by atoms with Gasteiger partial charge in [0, 0.05) is 23.0 Å². The first-order valence-corrected chi connectivity index (χ1v) is 18.2. The number of benzene rings is 7. The molecule has 2 aromatic heterocycles. The summed E-state index contributed by atoms with van der Waals surface area (Å²) in [5.74, 6) is 0.856. The lowest BCUT2D eigenvalue weighted by Gasteiger charge is -2.16. The lowest BCUT2D eigenvalue weighted by Crippen LogP contribution is -2.00. The average Bonchev–Trinajstić information content (AvgIpc) is 3.62. The lowest BCUT2D eigenvalue weighted by atomic mass is 9.93. The van der Waals surface area contributed by atoms with Crippen molar-refractivity contribution in [2.45, 2.75) is 13.8 Å². The maximum absolute atomic E-state index is 11.2. The molecule has 0 spiro atoms. The zero-order valence-corrected chi connectivity index (χ0v) is 30.1. The molecule has 4 nitrogen and oxygen atoms in total. The molecule has 258 valence electrons. The van der Waals surface area contributed by atoms with Crippen LogP contribution in [0.3, 0.4) is 0 Å².